The number of hydrogen-bond acceptors (Lipinski definition) is 4. The van der Waals surface area contributed by atoms with Crippen LogP contribution in [0.4, 0.5) is 0 Å². The Kier molecular flexibility index (Phi) is 9.18. The van der Waals surface area contributed by atoms with Crippen LogP contribution in [0.5, 0.6) is 0 Å². The topological polar surface area (TPSA) is 33.6 Å². The fourth-order valence-electron chi connectivity index (χ4n) is 3.97. The number of fused-ring (bicyclic) bond motifs is 1. The van der Waals surface area contributed by atoms with Crippen molar-refractivity contribution < 1.29 is 4.84 Å². The number of hydrogen-bond donors (Lipinski definition) is 1. The van der Waals surface area contributed by atoms with E-state index >= 15 is 0 Å². The molecule has 0 saturated carbocycles. The third-order valence-electron chi connectivity index (χ3n) is 5.84. The van der Waals surface area contributed by atoms with E-state index in [1.54, 1.807) is 11.8 Å². The Hall–Kier alpha value is -3.08. The molecule has 0 aliphatic carbocycles. The van der Waals surface area contributed by atoms with Crippen molar-refractivity contribution in [2.45, 2.75) is 24.2 Å². The number of benzene rings is 4. The molecule has 1 N–H and O–H groups in total. The van der Waals surface area contributed by atoms with E-state index in [1.165, 1.54) is 21.2 Å². The summed E-state index contributed by atoms with van der Waals surface area (Å²) < 4.78 is 0. The van der Waals surface area contributed by atoms with Crippen LogP contribution in [0, 0.1) is 0 Å². The van der Waals surface area contributed by atoms with Crippen molar-refractivity contribution in [1.29, 1.82) is 0 Å². The largest absolute Gasteiger partial charge is 0.395 e. The second kappa shape index (κ2) is 13.0. The molecule has 0 aliphatic heterocycles. The summed E-state index contributed by atoms with van der Waals surface area (Å²) in [6, 6.07) is 33.9. The predicted octanol–water partition coefficient (Wildman–Crippen LogP) is 6.94. The lowest BCUT2D eigenvalue weighted by atomic mass is 9.97. The van der Waals surface area contributed by atoms with Gasteiger partial charge in [0.05, 0.1) is 0 Å². The van der Waals surface area contributed by atoms with Crippen molar-refractivity contribution in [1.82, 2.24) is 5.32 Å². The highest BCUT2D eigenvalue weighted by atomic mass is 32.2. The van der Waals surface area contributed by atoms with Crippen molar-refractivity contribution in [2.75, 3.05) is 26.0 Å². The van der Waals surface area contributed by atoms with Gasteiger partial charge in [-0.05, 0) is 67.1 Å². The number of rotatable bonds is 12. The quantitative estimate of drug-likeness (QED) is 0.106. The average Bonchev–Trinajstić information content (AvgIpc) is 2.90. The molecule has 34 heavy (non-hydrogen) atoms. The van der Waals surface area contributed by atoms with Crippen LogP contribution >= 0.6 is 11.8 Å². The van der Waals surface area contributed by atoms with E-state index in [0.29, 0.717) is 6.61 Å². The van der Waals surface area contributed by atoms with Crippen LogP contribution in [-0.4, -0.2) is 31.7 Å². The molecule has 0 amide bonds. The summed E-state index contributed by atoms with van der Waals surface area (Å²) in [5, 5.41) is 10.5. The lowest BCUT2D eigenvalue weighted by molar-refractivity contribution is 0.140. The number of thioether (sulfide) groups is 1. The van der Waals surface area contributed by atoms with Crippen LogP contribution in [0.3, 0.4) is 0 Å². The minimum Gasteiger partial charge on any atom is -0.395 e. The minimum atomic E-state index is 0.609. The van der Waals surface area contributed by atoms with Crippen molar-refractivity contribution in [3.8, 4) is 0 Å². The van der Waals surface area contributed by atoms with Gasteiger partial charge in [-0.3, -0.25) is 0 Å². The third kappa shape index (κ3) is 6.72. The number of nitrogens with zero attached hydrogens (tertiary/aromatic N) is 1. The summed E-state index contributed by atoms with van der Waals surface area (Å²) in [7, 11) is 0. The van der Waals surface area contributed by atoms with Crippen molar-refractivity contribution >= 4 is 28.2 Å². The highest BCUT2D eigenvalue weighted by Gasteiger charge is 2.12. The van der Waals surface area contributed by atoms with Crippen LogP contribution in [0.1, 0.15) is 29.5 Å². The zero-order valence-corrected chi connectivity index (χ0v) is 20.6. The minimum absolute atomic E-state index is 0.609. The van der Waals surface area contributed by atoms with Crippen LogP contribution in [0.15, 0.2) is 107 Å². The molecule has 4 aromatic rings. The van der Waals surface area contributed by atoms with Gasteiger partial charge in [0.1, 0.15) is 12.3 Å². The fraction of sp³-hybridized carbons (Fsp3) is 0.233. The molecule has 0 spiro atoms. The van der Waals surface area contributed by atoms with Gasteiger partial charge in [-0.25, -0.2) is 0 Å². The van der Waals surface area contributed by atoms with E-state index in [1.807, 2.05) is 0 Å². The molecule has 0 saturated heterocycles. The zero-order chi connectivity index (χ0) is 23.4. The Morgan fingerprint density at radius 3 is 2.38 bits per heavy atom. The Bertz CT molecular complexity index is 1180. The highest BCUT2D eigenvalue weighted by molar-refractivity contribution is 7.98. The van der Waals surface area contributed by atoms with Gasteiger partial charge in [-0.2, -0.15) is 0 Å². The standard InChI is InChI=1S/C30H32N2OS/c1-34-27-18-16-26(17-19-27)30(29-15-9-13-25-12-5-6-14-28(25)29)32-33-23-8-7-21-31-22-20-24-10-3-2-4-11-24/h2-6,9-19,31H,7-8,20-23H2,1H3/b32-30-. The molecule has 0 aliphatic rings. The van der Waals surface area contributed by atoms with E-state index in [4.69, 9.17) is 4.84 Å². The molecule has 0 bridgehead atoms. The first kappa shape index (κ1) is 24.1. The molecule has 4 rings (SSSR count). The summed E-state index contributed by atoms with van der Waals surface area (Å²) in [6.07, 6.45) is 5.19. The molecule has 0 unspecified atom stereocenters. The van der Waals surface area contributed by atoms with E-state index in [2.05, 4.69) is 114 Å². The first-order chi connectivity index (χ1) is 16.8. The maximum atomic E-state index is 5.84. The van der Waals surface area contributed by atoms with Gasteiger partial charge in [0.25, 0.3) is 0 Å². The molecule has 0 radical (unpaired) electrons. The molecule has 0 heterocycles. The Morgan fingerprint density at radius 2 is 1.56 bits per heavy atom. The first-order valence-electron chi connectivity index (χ1n) is 11.9. The number of unbranched alkanes of at least 4 members (excludes halogenated alkanes) is 1. The van der Waals surface area contributed by atoms with Gasteiger partial charge in [0.2, 0.25) is 0 Å². The normalized spacial score (nSPS) is 11.6. The smallest absolute Gasteiger partial charge is 0.117 e. The lowest BCUT2D eigenvalue weighted by Gasteiger charge is -2.11. The monoisotopic (exact) mass is 468 g/mol. The second-order valence-electron chi connectivity index (χ2n) is 8.22. The zero-order valence-electron chi connectivity index (χ0n) is 19.7. The van der Waals surface area contributed by atoms with Crippen molar-refractivity contribution in [3.05, 3.63) is 114 Å². The van der Waals surface area contributed by atoms with Gasteiger partial charge in [0.15, 0.2) is 0 Å². The van der Waals surface area contributed by atoms with E-state index in [9.17, 15) is 0 Å². The second-order valence-corrected chi connectivity index (χ2v) is 9.10. The van der Waals surface area contributed by atoms with Gasteiger partial charge < -0.3 is 10.2 Å². The van der Waals surface area contributed by atoms with E-state index in [-0.39, 0.29) is 0 Å². The Morgan fingerprint density at radius 1 is 0.794 bits per heavy atom. The molecule has 0 aromatic heterocycles. The number of nitrogens with one attached hydrogen (secondary N) is 1. The Labute approximate surface area is 207 Å². The number of oxime groups is 1. The fourth-order valence-corrected chi connectivity index (χ4v) is 4.38. The maximum Gasteiger partial charge on any atom is 0.117 e. The molecule has 0 fully saturated rings. The summed E-state index contributed by atoms with van der Waals surface area (Å²) in [5.41, 5.74) is 4.42. The molecule has 4 aromatic carbocycles. The van der Waals surface area contributed by atoms with Crippen LogP contribution in [0.25, 0.3) is 10.8 Å². The van der Waals surface area contributed by atoms with Crippen LogP contribution in [-0.2, 0) is 11.3 Å². The average molecular weight is 469 g/mol. The van der Waals surface area contributed by atoms with Crippen LogP contribution < -0.4 is 5.32 Å². The molecule has 174 valence electrons. The van der Waals surface area contributed by atoms with Gasteiger partial charge in [-0.15, -0.1) is 11.8 Å². The third-order valence-corrected chi connectivity index (χ3v) is 6.58. The van der Waals surface area contributed by atoms with Crippen LogP contribution in [0.2, 0.25) is 0 Å². The Balaban J connectivity index is 1.35. The molecular weight excluding hydrogens is 436 g/mol. The summed E-state index contributed by atoms with van der Waals surface area (Å²) in [6.45, 7) is 2.60. The summed E-state index contributed by atoms with van der Waals surface area (Å²) in [5.74, 6) is 0. The predicted molar refractivity (Wildman–Crippen MR) is 146 cm³/mol. The van der Waals surface area contributed by atoms with E-state index in [0.717, 1.165) is 49.2 Å². The summed E-state index contributed by atoms with van der Waals surface area (Å²) >= 11 is 1.74. The maximum absolute atomic E-state index is 5.84. The molecule has 4 heteroatoms. The lowest BCUT2D eigenvalue weighted by Crippen LogP contribution is -2.18. The van der Waals surface area contributed by atoms with Gasteiger partial charge in [0, 0.05) is 16.0 Å². The van der Waals surface area contributed by atoms with Gasteiger partial charge in [-0.1, -0.05) is 90.1 Å². The first-order valence-corrected chi connectivity index (χ1v) is 13.1. The van der Waals surface area contributed by atoms with Gasteiger partial charge >= 0.3 is 0 Å². The molecule has 0 atom stereocenters. The summed E-state index contributed by atoms with van der Waals surface area (Å²) in [4.78, 5) is 7.08. The van der Waals surface area contributed by atoms with Crippen molar-refractivity contribution in [3.63, 3.8) is 0 Å². The van der Waals surface area contributed by atoms with E-state index < -0.39 is 0 Å². The SMILES string of the molecule is CSc1ccc(/C(=N/OCCCCNCCc2ccccc2)c2cccc3ccccc23)cc1. The molecule has 3 nitrogen and oxygen atoms in total. The van der Waals surface area contributed by atoms with Crippen molar-refractivity contribution in [2.24, 2.45) is 5.16 Å². The molecular formula is C30H32N2OS. The highest BCUT2D eigenvalue weighted by Crippen LogP contribution is 2.24.